The van der Waals surface area contributed by atoms with Gasteiger partial charge in [-0.05, 0) is 30.9 Å². The average molecular weight is 300 g/mol. The number of methoxy groups -OCH3 is 1. The molecule has 2 aromatic heterocycles. The summed E-state index contributed by atoms with van der Waals surface area (Å²) < 4.78 is 11.0. The third-order valence-corrected chi connectivity index (χ3v) is 3.86. The highest BCUT2D eigenvalue weighted by molar-refractivity contribution is 5.32. The van der Waals surface area contributed by atoms with Crippen molar-refractivity contribution in [2.75, 3.05) is 31.7 Å². The van der Waals surface area contributed by atoms with E-state index in [9.17, 15) is 0 Å². The molecule has 1 aliphatic rings. The number of piperidine rings is 1. The molecule has 1 saturated heterocycles. The minimum absolute atomic E-state index is 0.565. The number of hydrogen-bond acceptors (Lipinski definition) is 6. The van der Waals surface area contributed by atoms with Crippen molar-refractivity contribution in [3.8, 4) is 11.6 Å². The summed E-state index contributed by atoms with van der Waals surface area (Å²) in [7, 11) is 1.62. The van der Waals surface area contributed by atoms with Crippen molar-refractivity contribution in [2.24, 2.45) is 5.92 Å². The first-order chi connectivity index (χ1) is 10.8. The maximum Gasteiger partial charge on any atom is 0.228 e. The van der Waals surface area contributed by atoms with Gasteiger partial charge in [0.25, 0.3) is 0 Å². The Morgan fingerprint density at radius 1 is 1.14 bits per heavy atom. The van der Waals surface area contributed by atoms with Crippen LogP contribution in [0.5, 0.6) is 11.6 Å². The largest absolute Gasteiger partial charge is 0.493 e. The van der Waals surface area contributed by atoms with E-state index < -0.39 is 0 Å². The molecule has 22 heavy (non-hydrogen) atoms. The molecular weight excluding hydrogens is 280 g/mol. The van der Waals surface area contributed by atoms with E-state index >= 15 is 0 Å². The molecule has 2 aromatic rings. The summed E-state index contributed by atoms with van der Waals surface area (Å²) in [5, 5.41) is 0. The molecular formula is C16H20N4O2. The maximum absolute atomic E-state index is 5.81. The van der Waals surface area contributed by atoms with E-state index in [4.69, 9.17) is 9.47 Å². The van der Waals surface area contributed by atoms with Gasteiger partial charge in [0.1, 0.15) is 5.75 Å². The van der Waals surface area contributed by atoms with Gasteiger partial charge in [-0.2, -0.15) is 4.98 Å². The van der Waals surface area contributed by atoms with Gasteiger partial charge in [-0.3, -0.25) is 4.98 Å². The molecule has 1 fully saturated rings. The van der Waals surface area contributed by atoms with Gasteiger partial charge in [-0.15, -0.1) is 0 Å². The second kappa shape index (κ2) is 7.06. The van der Waals surface area contributed by atoms with Crippen molar-refractivity contribution in [3.05, 3.63) is 36.8 Å². The fourth-order valence-corrected chi connectivity index (χ4v) is 2.55. The van der Waals surface area contributed by atoms with Crippen molar-refractivity contribution >= 4 is 5.95 Å². The van der Waals surface area contributed by atoms with Crippen LogP contribution in [0.3, 0.4) is 0 Å². The quantitative estimate of drug-likeness (QED) is 0.843. The second-order valence-corrected chi connectivity index (χ2v) is 5.32. The Hall–Kier alpha value is -2.37. The van der Waals surface area contributed by atoms with Crippen molar-refractivity contribution < 1.29 is 9.47 Å². The zero-order valence-electron chi connectivity index (χ0n) is 12.7. The Morgan fingerprint density at radius 3 is 2.64 bits per heavy atom. The Kier molecular flexibility index (Phi) is 4.68. The second-order valence-electron chi connectivity index (χ2n) is 5.32. The minimum Gasteiger partial charge on any atom is -0.493 e. The lowest BCUT2D eigenvalue weighted by atomic mass is 9.98. The predicted molar refractivity (Wildman–Crippen MR) is 83.3 cm³/mol. The highest BCUT2D eigenvalue weighted by Crippen LogP contribution is 2.22. The molecule has 0 radical (unpaired) electrons. The molecule has 3 heterocycles. The SMILES string of the molecule is COc1ccnc(N2CCC(COc3ccncc3)CC2)n1. The number of rotatable bonds is 5. The van der Waals surface area contributed by atoms with E-state index in [1.807, 2.05) is 12.1 Å². The Bertz CT molecular complexity index is 586. The predicted octanol–water partition coefficient (Wildman–Crippen LogP) is 2.18. The van der Waals surface area contributed by atoms with Crippen LogP contribution >= 0.6 is 0 Å². The third-order valence-electron chi connectivity index (χ3n) is 3.86. The molecule has 1 aliphatic heterocycles. The molecule has 0 atom stereocenters. The molecule has 3 rings (SSSR count). The number of aromatic nitrogens is 3. The Balaban J connectivity index is 1.49. The molecule has 0 amide bonds. The molecule has 6 heteroatoms. The van der Waals surface area contributed by atoms with Gasteiger partial charge in [-0.25, -0.2) is 4.98 Å². The van der Waals surface area contributed by atoms with Crippen LogP contribution in [0.4, 0.5) is 5.95 Å². The molecule has 116 valence electrons. The fourth-order valence-electron chi connectivity index (χ4n) is 2.55. The van der Waals surface area contributed by atoms with E-state index in [0.717, 1.165) is 44.2 Å². The van der Waals surface area contributed by atoms with Crippen molar-refractivity contribution in [1.29, 1.82) is 0 Å². The summed E-state index contributed by atoms with van der Waals surface area (Å²) in [5.74, 6) is 2.80. The number of ether oxygens (including phenoxy) is 2. The molecule has 0 aliphatic carbocycles. The van der Waals surface area contributed by atoms with E-state index in [0.29, 0.717) is 11.8 Å². The van der Waals surface area contributed by atoms with Gasteiger partial charge in [0, 0.05) is 37.7 Å². The third kappa shape index (κ3) is 3.63. The lowest BCUT2D eigenvalue weighted by molar-refractivity contribution is 0.222. The topological polar surface area (TPSA) is 60.4 Å². The molecule has 0 spiro atoms. The lowest BCUT2D eigenvalue weighted by Crippen LogP contribution is -2.36. The monoisotopic (exact) mass is 300 g/mol. The minimum atomic E-state index is 0.565. The average Bonchev–Trinajstić information content (AvgIpc) is 2.61. The van der Waals surface area contributed by atoms with Crippen LogP contribution < -0.4 is 14.4 Å². The standard InChI is InChI=1S/C16H20N4O2/c1-21-15-4-9-18-16(19-15)20-10-5-13(6-11-20)12-22-14-2-7-17-8-3-14/h2-4,7-9,13H,5-6,10-12H2,1H3. The van der Waals surface area contributed by atoms with Gasteiger partial charge in [0.2, 0.25) is 11.8 Å². The van der Waals surface area contributed by atoms with E-state index in [1.54, 1.807) is 31.8 Å². The smallest absolute Gasteiger partial charge is 0.228 e. The molecule has 0 N–H and O–H groups in total. The van der Waals surface area contributed by atoms with Crippen LogP contribution in [0.2, 0.25) is 0 Å². The first-order valence-corrected chi connectivity index (χ1v) is 7.50. The number of anilines is 1. The molecule has 0 saturated carbocycles. The number of nitrogens with zero attached hydrogens (tertiary/aromatic N) is 4. The number of hydrogen-bond donors (Lipinski definition) is 0. The van der Waals surface area contributed by atoms with Crippen LogP contribution in [-0.4, -0.2) is 41.8 Å². The van der Waals surface area contributed by atoms with Crippen molar-refractivity contribution in [2.45, 2.75) is 12.8 Å². The molecule has 0 bridgehead atoms. The van der Waals surface area contributed by atoms with Crippen molar-refractivity contribution in [3.63, 3.8) is 0 Å². The van der Waals surface area contributed by atoms with Crippen LogP contribution in [0, 0.1) is 5.92 Å². The zero-order valence-corrected chi connectivity index (χ0v) is 12.7. The highest BCUT2D eigenvalue weighted by atomic mass is 16.5. The molecule has 0 unspecified atom stereocenters. The van der Waals surface area contributed by atoms with Crippen LogP contribution in [0.25, 0.3) is 0 Å². The Morgan fingerprint density at radius 2 is 1.91 bits per heavy atom. The van der Waals surface area contributed by atoms with E-state index in [2.05, 4.69) is 19.9 Å². The number of pyridine rings is 1. The summed E-state index contributed by atoms with van der Waals surface area (Å²) in [6, 6.07) is 5.54. The van der Waals surface area contributed by atoms with Crippen LogP contribution in [0.15, 0.2) is 36.8 Å². The van der Waals surface area contributed by atoms with E-state index in [-0.39, 0.29) is 0 Å². The highest BCUT2D eigenvalue weighted by Gasteiger charge is 2.21. The fraction of sp³-hybridized carbons (Fsp3) is 0.438. The first-order valence-electron chi connectivity index (χ1n) is 7.50. The van der Waals surface area contributed by atoms with Gasteiger partial charge in [0.05, 0.1) is 13.7 Å². The summed E-state index contributed by atoms with van der Waals surface area (Å²) in [5.41, 5.74) is 0. The first kappa shape index (κ1) is 14.6. The Labute approximate surface area is 130 Å². The lowest BCUT2D eigenvalue weighted by Gasteiger charge is -2.31. The van der Waals surface area contributed by atoms with Gasteiger partial charge < -0.3 is 14.4 Å². The van der Waals surface area contributed by atoms with Gasteiger partial charge in [-0.1, -0.05) is 0 Å². The summed E-state index contributed by atoms with van der Waals surface area (Å²) in [6.45, 7) is 2.63. The van der Waals surface area contributed by atoms with Gasteiger partial charge >= 0.3 is 0 Å². The van der Waals surface area contributed by atoms with Crippen LogP contribution in [-0.2, 0) is 0 Å². The molecule has 6 nitrogen and oxygen atoms in total. The molecule has 0 aromatic carbocycles. The zero-order chi connectivity index (χ0) is 15.2. The normalized spacial score (nSPS) is 15.6. The summed E-state index contributed by atoms with van der Waals surface area (Å²) >= 11 is 0. The summed E-state index contributed by atoms with van der Waals surface area (Å²) in [6.07, 6.45) is 7.38. The maximum atomic E-state index is 5.81. The van der Waals surface area contributed by atoms with Crippen molar-refractivity contribution in [1.82, 2.24) is 15.0 Å². The summed E-state index contributed by atoms with van der Waals surface area (Å²) in [4.78, 5) is 14.9. The van der Waals surface area contributed by atoms with Gasteiger partial charge in [0.15, 0.2) is 0 Å². The van der Waals surface area contributed by atoms with E-state index in [1.165, 1.54) is 0 Å². The van der Waals surface area contributed by atoms with Crippen LogP contribution in [0.1, 0.15) is 12.8 Å².